The summed E-state index contributed by atoms with van der Waals surface area (Å²) in [7, 11) is 0. The molecule has 1 aromatic carbocycles. The first-order chi connectivity index (χ1) is 10.0. The first kappa shape index (κ1) is 15.8. The highest BCUT2D eigenvalue weighted by atomic mass is 35.5. The Bertz CT molecular complexity index is 641. The normalized spacial score (nSPS) is 10.1. The van der Waals surface area contributed by atoms with E-state index in [0.717, 1.165) is 10.4 Å². The number of hydrogen-bond donors (Lipinski definition) is 2. The van der Waals surface area contributed by atoms with Crippen molar-refractivity contribution in [2.45, 2.75) is 6.54 Å². The van der Waals surface area contributed by atoms with Gasteiger partial charge in [-0.1, -0.05) is 23.8 Å². The standard InChI is InChI=1S/C14H13ClN2O2S2/c15-12-6-5-11(21-12)7-17-13(18)8-19-10-3-1-9(2-4-10)14(16)20/h1-6H,7-8H2,(H2,16,20)(H,17,18). The molecule has 0 saturated carbocycles. The second kappa shape index (κ2) is 7.40. The minimum atomic E-state index is -0.196. The van der Waals surface area contributed by atoms with Crippen LogP contribution in [-0.4, -0.2) is 17.5 Å². The van der Waals surface area contributed by atoms with E-state index in [9.17, 15) is 4.79 Å². The molecule has 0 aliphatic rings. The van der Waals surface area contributed by atoms with Crippen LogP contribution in [0.4, 0.5) is 0 Å². The molecule has 0 radical (unpaired) electrons. The zero-order valence-corrected chi connectivity index (χ0v) is 13.4. The summed E-state index contributed by atoms with van der Waals surface area (Å²) >= 11 is 12.1. The second-order valence-electron chi connectivity index (χ2n) is 4.16. The quantitative estimate of drug-likeness (QED) is 0.794. The van der Waals surface area contributed by atoms with Crippen LogP contribution in [0.3, 0.4) is 0 Å². The van der Waals surface area contributed by atoms with Gasteiger partial charge < -0.3 is 15.8 Å². The second-order valence-corrected chi connectivity index (χ2v) is 6.40. The SMILES string of the molecule is NC(=S)c1ccc(OCC(=O)NCc2ccc(Cl)s2)cc1. The van der Waals surface area contributed by atoms with Crippen molar-refractivity contribution in [3.63, 3.8) is 0 Å². The van der Waals surface area contributed by atoms with Crippen LogP contribution < -0.4 is 15.8 Å². The van der Waals surface area contributed by atoms with Gasteiger partial charge in [-0.3, -0.25) is 4.79 Å². The third-order valence-electron chi connectivity index (χ3n) is 2.60. The zero-order chi connectivity index (χ0) is 15.2. The predicted molar refractivity (Wildman–Crippen MR) is 89.0 cm³/mol. The molecule has 0 atom stereocenters. The Kier molecular flexibility index (Phi) is 5.55. The van der Waals surface area contributed by atoms with Crippen LogP contribution in [0.5, 0.6) is 5.75 Å². The molecule has 7 heteroatoms. The molecule has 1 aromatic heterocycles. The summed E-state index contributed by atoms with van der Waals surface area (Å²) in [4.78, 5) is 13.0. The van der Waals surface area contributed by atoms with Crippen molar-refractivity contribution < 1.29 is 9.53 Å². The van der Waals surface area contributed by atoms with Crippen LogP contribution in [0.25, 0.3) is 0 Å². The van der Waals surface area contributed by atoms with E-state index in [-0.39, 0.29) is 12.5 Å². The van der Waals surface area contributed by atoms with Crippen molar-refractivity contribution in [3.8, 4) is 5.75 Å². The fraction of sp³-hybridized carbons (Fsp3) is 0.143. The van der Waals surface area contributed by atoms with E-state index < -0.39 is 0 Å². The van der Waals surface area contributed by atoms with Crippen LogP contribution in [0, 0.1) is 0 Å². The average Bonchev–Trinajstić information content (AvgIpc) is 2.89. The highest BCUT2D eigenvalue weighted by Gasteiger charge is 2.05. The van der Waals surface area contributed by atoms with Gasteiger partial charge in [-0.25, -0.2) is 0 Å². The number of benzene rings is 1. The van der Waals surface area contributed by atoms with Gasteiger partial charge in [0.05, 0.1) is 10.9 Å². The van der Waals surface area contributed by atoms with Gasteiger partial charge >= 0.3 is 0 Å². The van der Waals surface area contributed by atoms with E-state index in [1.165, 1.54) is 11.3 Å². The van der Waals surface area contributed by atoms with Crippen LogP contribution >= 0.6 is 35.2 Å². The number of carbonyl (C=O) groups excluding carboxylic acids is 1. The number of ether oxygens (including phenoxy) is 1. The van der Waals surface area contributed by atoms with Crippen molar-refractivity contribution in [3.05, 3.63) is 51.2 Å². The van der Waals surface area contributed by atoms with Gasteiger partial charge in [0.1, 0.15) is 10.7 Å². The lowest BCUT2D eigenvalue weighted by Crippen LogP contribution is -2.28. The van der Waals surface area contributed by atoms with Crippen molar-refractivity contribution in [1.82, 2.24) is 5.32 Å². The minimum absolute atomic E-state index is 0.0501. The Morgan fingerprint density at radius 3 is 2.57 bits per heavy atom. The summed E-state index contributed by atoms with van der Waals surface area (Å²) in [6, 6.07) is 10.6. The van der Waals surface area contributed by atoms with Gasteiger partial charge in [0.2, 0.25) is 0 Å². The summed E-state index contributed by atoms with van der Waals surface area (Å²) < 4.78 is 6.08. The van der Waals surface area contributed by atoms with Crippen LogP contribution in [0.15, 0.2) is 36.4 Å². The highest BCUT2D eigenvalue weighted by molar-refractivity contribution is 7.80. The first-order valence-corrected chi connectivity index (χ1v) is 7.68. The van der Waals surface area contributed by atoms with E-state index in [0.29, 0.717) is 21.6 Å². The van der Waals surface area contributed by atoms with Crippen LogP contribution in [-0.2, 0) is 11.3 Å². The Morgan fingerprint density at radius 1 is 1.29 bits per heavy atom. The van der Waals surface area contributed by atoms with Crippen molar-refractivity contribution in [2.75, 3.05) is 6.61 Å². The van der Waals surface area contributed by atoms with Gasteiger partial charge in [-0.15, -0.1) is 11.3 Å². The molecule has 1 amide bonds. The molecular formula is C14H13ClN2O2S2. The third-order valence-corrected chi connectivity index (χ3v) is 4.06. The Morgan fingerprint density at radius 2 is 2.00 bits per heavy atom. The molecule has 21 heavy (non-hydrogen) atoms. The van der Waals surface area contributed by atoms with E-state index in [1.807, 2.05) is 6.07 Å². The maximum absolute atomic E-state index is 11.7. The molecule has 0 unspecified atom stereocenters. The number of amides is 1. The molecule has 3 N–H and O–H groups in total. The minimum Gasteiger partial charge on any atom is -0.484 e. The van der Waals surface area contributed by atoms with E-state index in [4.69, 9.17) is 34.3 Å². The smallest absolute Gasteiger partial charge is 0.258 e. The van der Waals surface area contributed by atoms with Crippen molar-refractivity contribution in [2.24, 2.45) is 5.73 Å². The van der Waals surface area contributed by atoms with Gasteiger partial charge in [0, 0.05) is 10.4 Å². The van der Waals surface area contributed by atoms with Gasteiger partial charge in [0.15, 0.2) is 6.61 Å². The van der Waals surface area contributed by atoms with E-state index in [2.05, 4.69) is 5.32 Å². The zero-order valence-electron chi connectivity index (χ0n) is 11.0. The molecule has 0 aliphatic carbocycles. The van der Waals surface area contributed by atoms with E-state index in [1.54, 1.807) is 30.3 Å². The lowest BCUT2D eigenvalue weighted by atomic mass is 10.2. The largest absolute Gasteiger partial charge is 0.484 e. The number of thiocarbonyl (C=S) groups is 1. The summed E-state index contributed by atoms with van der Waals surface area (Å²) in [5.74, 6) is 0.391. The number of carbonyl (C=O) groups is 1. The third kappa shape index (κ3) is 5.00. The molecule has 0 spiro atoms. The van der Waals surface area contributed by atoms with Crippen LogP contribution in [0.2, 0.25) is 4.34 Å². The van der Waals surface area contributed by atoms with Gasteiger partial charge in [-0.05, 0) is 36.4 Å². The molecule has 2 rings (SSSR count). The van der Waals surface area contributed by atoms with Crippen molar-refractivity contribution in [1.29, 1.82) is 0 Å². The fourth-order valence-corrected chi connectivity index (χ4v) is 2.71. The molecule has 0 aliphatic heterocycles. The number of nitrogens with one attached hydrogen (secondary N) is 1. The molecule has 110 valence electrons. The Labute approximate surface area is 136 Å². The number of nitrogens with two attached hydrogens (primary N) is 1. The first-order valence-electron chi connectivity index (χ1n) is 6.08. The Balaban J connectivity index is 1.77. The van der Waals surface area contributed by atoms with Gasteiger partial charge in [0.25, 0.3) is 5.91 Å². The highest BCUT2D eigenvalue weighted by Crippen LogP contribution is 2.20. The molecule has 1 heterocycles. The summed E-state index contributed by atoms with van der Waals surface area (Å²) in [5.41, 5.74) is 6.26. The summed E-state index contributed by atoms with van der Waals surface area (Å²) in [5, 5.41) is 2.76. The number of hydrogen-bond acceptors (Lipinski definition) is 4. The number of thiophene rings is 1. The lowest BCUT2D eigenvalue weighted by Gasteiger charge is -2.07. The molecule has 0 bridgehead atoms. The topological polar surface area (TPSA) is 64.3 Å². The lowest BCUT2D eigenvalue weighted by molar-refractivity contribution is -0.123. The van der Waals surface area contributed by atoms with Crippen LogP contribution in [0.1, 0.15) is 10.4 Å². The van der Waals surface area contributed by atoms with Crippen molar-refractivity contribution >= 4 is 46.1 Å². The maximum atomic E-state index is 11.7. The number of rotatable bonds is 6. The molecule has 2 aromatic rings. The average molecular weight is 341 g/mol. The maximum Gasteiger partial charge on any atom is 0.258 e. The summed E-state index contributed by atoms with van der Waals surface area (Å²) in [6.07, 6.45) is 0. The monoisotopic (exact) mass is 340 g/mol. The predicted octanol–water partition coefficient (Wildman–Crippen LogP) is 2.73. The molecule has 4 nitrogen and oxygen atoms in total. The number of halogens is 1. The molecule has 0 fully saturated rings. The summed E-state index contributed by atoms with van der Waals surface area (Å²) in [6.45, 7) is 0.394. The Hall–Kier alpha value is -1.63. The fourth-order valence-electron chi connectivity index (χ4n) is 1.55. The molecule has 0 saturated heterocycles. The molecular weight excluding hydrogens is 328 g/mol. The van der Waals surface area contributed by atoms with E-state index >= 15 is 0 Å². The van der Waals surface area contributed by atoms with Gasteiger partial charge in [-0.2, -0.15) is 0 Å².